The number of nitrogens with zero attached hydrogens (tertiary/aromatic N) is 1. The van der Waals surface area contributed by atoms with E-state index in [1.807, 2.05) is 48.5 Å². The van der Waals surface area contributed by atoms with Gasteiger partial charge in [-0.15, -0.1) is 0 Å². The predicted octanol–water partition coefficient (Wildman–Crippen LogP) is 2.83. The number of aliphatic hydroxyl groups is 1. The first-order chi connectivity index (χ1) is 7.86. The molecule has 1 aromatic carbocycles. The molecule has 2 heteroatoms. The molecule has 1 heterocycles. The Morgan fingerprint density at radius 1 is 1.00 bits per heavy atom. The molecule has 0 fully saturated rings. The van der Waals surface area contributed by atoms with Crippen LogP contribution in [0.1, 0.15) is 17.4 Å². The molecule has 0 amide bonds. The Morgan fingerprint density at radius 3 is 2.44 bits per heavy atom. The number of rotatable bonds is 3. The first-order valence-electron chi connectivity index (χ1n) is 5.18. The molecule has 16 heavy (non-hydrogen) atoms. The number of hydrogen-bond acceptors (Lipinski definition) is 2. The van der Waals surface area contributed by atoms with Crippen molar-refractivity contribution in [1.29, 1.82) is 0 Å². The van der Waals surface area contributed by atoms with Crippen molar-refractivity contribution in [3.63, 3.8) is 0 Å². The minimum atomic E-state index is -0.651. The summed E-state index contributed by atoms with van der Waals surface area (Å²) in [4.78, 5) is 4.09. The highest BCUT2D eigenvalue weighted by molar-refractivity contribution is 5.49. The lowest BCUT2D eigenvalue weighted by atomic mass is 10.1. The minimum absolute atomic E-state index is 0.651. The summed E-state index contributed by atoms with van der Waals surface area (Å²) < 4.78 is 0. The van der Waals surface area contributed by atoms with E-state index >= 15 is 0 Å². The highest BCUT2D eigenvalue weighted by atomic mass is 16.3. The molecule has 2 rings (SSSR count). The minimum Gasteiger partial charge on any atom is -0.383 e. The van der Waals surface area contributed by atoms with E-state index in [-0.39, 0.29) is 0 Å². The molecule has 0 aliphatic heterocycles. The number of aliphatic hydroxyl groups excluding tert-OH is 1. The first-order valence-corrected chi connectivity index (χ1v) is 5.18. The summed E-state index contributed by atoms with van der Waals surface area (Å²) in [5.74, 6) is 0. The average molecular weight is 211 g/mol. The highest BCUT2D eigenvalue weighted by Crippen LogP contribution is 2.12. The van der Waals surface area contributed by atoms with E-state index in [4.69, 9.17) is 0 Å². The average Bonchev–Trinajstić information content (AvgIpc) is 2.38. The Hall–Kier alpha value is -1.93. The van der Waals surface area contributed by atoms with Crippen LogP contribution in [0, 0.1) is 0 Å². The number of hydrogen-bond donors (Lipinski definition) is 1. The molecule has 1 unspecified atom stereocenters. The van der Waals surface area contributed by atoms with Gasteiger partial charge in [-0.1, -0.05) is 42.5 Å². The Bertz CT molecular complexity index is 451. The van der Waals surface area contributed by atoms with Gasteiger partial charge in [0.05, 0.1) is 5.69 Å². The van der Waals surface area contributed by atoms with Crippen molar-refractivity contribution in [2.24, 2.45) is 0 Å². The van der Waals surface area contributed by atoms with Crippen LogP contribution in [0.15, 0.2) is 60.8 Å². The van der Waals surface area contributed by atoms with E-state index in [0.717, 1.165) is 5.56 Å². The SMILES string of the molecule is OC(/C=C/c1ccccc1)c1ccccn1. The summed E-state index contributed by atoms with van der Waals surface area (Å²) >= 11 is 0. The van der Waals surface area contributed by atoms with Crippen molar-refractivity contribution >= 4 is 6.08 Å². The maximum absolute atomic E-state index is 9.83. The molecule has 2 aromatic rings. The topological polar surface area (TPSA) is 33.1 Å². The van der Waals surface area contributed by atoms with Gasteiger partial charge in [0, 0.05) is 6.20 Å². The van der Waals surface area contributed by atoms with Crippen LogP contribution in [0.25, 0.3) is 6.08 Å². The van der Waals surface area contributed by atoms with Crippen molar-refractivity contribution in [2.45, 2.75) is 6.10 Å². The fourth-order valence-electron chi connectivity index (χ4n) is 1.42. The van der Waals surface area contributed by atoms with Crippen LogP contribution < -0.4 is 0 Å². The Kier molecular flexibility index (Phi) is 3.46. The first kappa shape index (κ1) is 10.6. The Labute approximate surface area is 94.9 Å². The monoisotopic (exact) mass is 211 g/mol. The number of pyridine rings is 1. The lowest BCUT2D eigenvalue weighted by molar-refractivity contribution is 0.224. The molecule has 80 valence electrons. The predicted molar refractivity (Wildman–Crippen MR) is 64.7 cm³/mol. The standard InChI is InChI=1S/C14H13NO/c16-14(13-8-4-5-11-15-13)10-9-12-6-2-1-3-7-12/h1-11,14,16H/b10-9+. The molecule has 0 bridgehead atoms. The van der Waals surface area contributed by atoms with Crippen LogP contribution in [0.4, 0.5) is 0 Å². The summed E-state index contributed by atoms with van der Waals surface area (Å²) in [6.07, 6.45) is 4.65. The van der Waals surface area contributed by atoms with Crippen molar-refractivity contribution in [1.82, 2.24) is 4.98 Å². The second kappa shape index (κ2) is 5.24. The van der Waals surface area contributed by atoms with Crippen molar-refractivity contribution < 1.29 is 5.11 Å². The Balaban J connectivity index is 2.08. The van der Waals surface area contributed by atoms with Gasteiger partial charge >= 0.3 is 0 Å². The van der Waals surface area contributed by atoms with Gasteiger partial charge in [0.2, 0.25) is 0 Å². The van der Waals surface area contributed by atoms with Gasteiger partial charge in [0.25, 0.3) is 0 Å². The zero-order chi connectivity index (χ0) is 11.2. The van der Waals surface area contributed by atoms with E-state index < -0.39 is 6.10 Å². The normalized spacial score (nSPS) is 12.8. The third-order valence-electron chi connectivity index (χ3n) is 2.26. The van der Waals surface area contributed by atoms with Crippen LogP contribution in [-0.2, 0) is 0 Å². The Morgan fingerprint density at radius 2 is 1.75 bits per heavy atom. The van der Waals surface area contributed by atoms with Gasteiger partial charge in [-0.05, 0) is 23.8 Å². The van der Waals surface area contributed by atoms with E-state index in [1.165, 1.54) is 0 Å². The zero-order valence-electron chi connectivity index (χ0n) is 8.82. The van der Waals surface area contributed by atoms with E-state index in [9.17, 15) is 5.11 Å². The van der Waals surface area contributed by atoms with E-state index in [2.05, 4.69) is 4.98 Å². The molecule has 1 N–H and O–H groups in total. The maximum atomic E-state index is 9.83. The van der Waals surface area contributed by atoms with Gasteiger partial charge in [-0.25, -0.2) is 0 Å². The van der Waals surface area contributed by atoms with Gasteiger partial charge in [-0.3, -0.25) is 4.98 Å². The lowest BCUT2D eigenvalue weighted by Crippen LogP contribution is -1.95. The third-order valence-corrected chi connectivity index (χ3v) is 2.26. The van der Waals surface area contributed by atoms with E-state index in [1.54, 1.807) is 18.3 Å². The van der Waals surface area contributed by atoms with Crippen LogP contribution in [-0.4, -0.2) is 10.1 Å². The molecule has 0 radical (unpaired) electrons. The second-order valence-corrected chi connectivity index (χ2v) is 3.47. The largest absolute Gasteiger partial charge is 0.383 e. The summed E-state index contributed by atoms with van der Waals surface area (Å²) in [5, 5.41) is 9.83. The zero-order valence-corrected chi connectivity index (χ0v) is 8.82. The maximum Gasteiger partial charge on any atom is 0.114 e. The molecule has 0 aliphatic rings. The number of benzene rings is 1. The lowest BCUT2D eigenvalue weighted by Gasteiger charge is -2.03. The van der Waals surface area contributed by atoms with Crippen molar-refractivity contribution in [3.8, 4) is 0 Å². The van der Waals surface area contributed by atoms with Crippen molar-refractivity contribution in [3.05, 3.63) is 72.1 Å². The molecule has 1 aromatic heterocycles. The molecule has 0 spiro atoms. The van der Waals surface area contributed by atoms with Crippen LogP contribution in [0.3, 0.4) is 0 Å². The summed E-state index contributed by atoms with van der Waals surface area (Å²) in [5.41, 5.74) is 1.73. The summed E-state index contributed by atoms with van der Waals surface area (Å²) in [7, 11) is 0. The van der Waals surface area contributed by atoms with Crippen LogP contribution in [0.5, 0.6) is 0 Å². The summed E-state index contributed by atoms with van der Waals surface area (Å²) in [6, 6.07) is 15.4. The molecular formula is C14H13NO. The fourth-order valence-corrected chi connectivity index (χ4v) is 1.42. The molecule has 0 saturated carbocycles. The van der Waals surface area contributed by atoms with Crippen LogP contribution in [0.2, 0.25) is 0 Å². The van der Waals surface area contributed by atoms with E-state index in [0.29, 0.717) is 5.69 Å². The third kappa shape index (κ3) is 2.78. The van der Waals surface area contributed by atoms with Gasteiger partial charge < -0.3 is 5.11 Å². The number of aromatic nitrogens is 1. The smallest absolute Gasteiger partial charge is 0.114 e. The molecule has 2 nitrogen and oxygen atoms in total. The quantitative estimate of drug-likeness (QED) is 0.846. The summed E-state index contributed by atoms with van der Waals surface area (Å²) in [6.45, 7) is 0. The van der Waals surface area contributed by atoms with Gasteiger partial charge in [-0.2, -0.15) is 0 Å². The fraction of sp³-hybridized carbons (Fsp3) is 0.0714. The molecule has 1 atom stereocenters. The highest BCUT2D eigenvalue weighted by Gasteiger charge is 2.02. The molecule has 0 aliphatic carbocycles. The molecule has 0 saturated heterocycles. The van der Waals surface area contributed by atoms with Gasteiger partial charge in [0.15, 0.2) is 0 Å². The van der Waals surface area contributed by atoms with Gasteiger partial charge in [0.1, 0.15) is 6.10 Å². The van der Waals surface area contributed by atoms with Crippen molar-refractivity contribution in [2.75, 3.05) is 0 Å². The second-order valence-electron chi connectivity index (χ2n) is 3.47. The molecular weight excluding hydrogens is 198 g/mol. The van der Waals surface area contributed by atoms with Crippen LogP contribution >= 0.6 is 0 Å².